The summed E-state index contributed by atoms with van der Waals surface area (Å²) in [6, 6.07) is 50.4. The molecule has 0 spiro atoms. The molecule has 14 rings (SSSR count). The molecule has 5 aromatic heterocycles. The lowest BCUT2D eigenvalue weighted by Crippen LogP contribution is -2.55. The zero-order valence-corrected chi connectivity index (χ0v) is 76.0. The molecule has 0 radical (unpaired) electrons. The Balaban J connectivity index is 0.719. The standard InChI is InChI=1S/C103H120N18O9/c1-12-17-72(58-105-49-47-102(5,6)77-28-35-84(36-29-77)120(99(126)89-62-107-68-111-89)93(73-20-16-48-104-59-73)96(123)114-81-45-54-118(55-46-81)66-75-19-13-14-22-91(75)130-11)92(95(122)113-80-43-52-117(53-44-80)65-71-18-15-21-87(56-71)129-10)119(98(125)88-61-106-67-110-88)85-37-30-78(31-38-85)103(7,8)57-82-32-25-74(60-109-82)94(97(124)115-79-41-50-116(51-42-79)64-70-23-39-86(128-9)40-24-70)121(100(127)90-63-108-69-112-90)83-33-26-76(27-34-83)101(2,3)4/h12-40,48,56,58-63,67-69,79-81,92-94H,1,41-47,49-55,57,64-66H2,2-11H3,(H,106,110)(H,107,111)(H,108,112)(H,113,122)(H,114,123)(H,115,124)/b72-17+,105-58-. The fourth-order valence-electron chi connectivity index (χ4n) is 17.6. The van der Waals surface area contributed by atoms with Crippen molar-refractivity contribution in [1.29, 1.82) is 0 Å². The molecule has 3 aliphatic heterocycles. The summed E-state index contributed by atoms with van der Waals surface area (Å²) >= 11 is 0. The molecule has 3 aliphatic rings. The molecular weight excluding hydrogens is 1630 g/mol. The molecular formula is C103H120N18O9. The van der Waals surface area contributed by atoms with Crippen LogP contribution in [0.4, 0.5) is 17.1 Å². The number of nitrogens with zero attached hydrogens (tertiary/aromatic N) is 12. The highest BCUT2D eigenvalue weighted by Crippen LogP contribution is 2.39. The normalized spacial score (nSPS) is 15.5. The number of aromatic nitrogens is 8. The number of hydrogen-bond acceptors (Lipinski definition) is 18. The molecule has 27 nitrogen and oxygen atoms in total. The van der Waals surface area contributed by atoms with Gasteiger partial charge in [-0.2, -0.15) is 0 Å². The average molecular weight is 1750 g/mol. The molecule has 0 aliphatic carbocycles. The number of methoxy groups -OCH3 is 3. The number of hydrogen-bond donors (Lipinski definition) is 6. The Kier molecular flexibility index (Phi) is 30.4. The van der Waals surface area contributed by atoms with Gasteiger partial charge in [-0.3, -0.25) is 73.1 Å². The van der Waals surface area contributed by atoms with Gasteiger partial charge in [0.15, 0.2) is 0 Å². The number of anilines is 3. The number of piperidine rings is 3. The van der Waals surface area contributed by atoms with Crippen LogP contribution in [0.1, 0.15) is 187 Å². The predicted molar refractivity (Wildman–Crippen MR) is 506 cm³/mol. The fourth-order valence-corrected chi connectivity index (χ4v) is 17.6. The van der Waals surface area contributed by atoms with E-state index in [4.69, 9.17) is 24.2 Å². The van der Waals surface area contributed by atoms with E-state index in [1.807, 2.05) is 140 Å². The molecule has 3 unspecified atom stereocenters. The summed E-state index contributed by atoms with van der Waals surface area (Å²) in [5, 5.41) is 10.1. The van der Waals surface area contributed by atoms with E-state index >= 15 is 24.0 Å². The van der Waals surface area contributed by atoms with E-state index in [1.54, 1.807) is 64.4 Å². The van der Waals surface area contributed by atoms with Gasteiger partial charge in [-0.1, -0.05) is 158 Å². The van der Waals surface area contributed by atoms with E-state index < -0.39 is 52.6 Å². The van der Waals surface area contributed by atoms with Crippen LogP contribution in [0.15, 0.2) is 255 Å². The number of amides is 6. The number of H-pyrrole nitrogens is 3. The van der Waals surface area contributed by atoms with Crippen LogP contribution in [-0.4, -0.2) is 188 Å². The van der Waals surface area contributed by atoms with E-state index in [1.165, 1.54) is 57.8 Å². The first-order valence-corrected chi connectivity index (χ1v) is 44.8. The summed E-state index contributed by atoms with van der Waals surface area (Å²) in [4.78, 5) is 140. The first kappa shape index (κ1) is 92.7. The van der Waals surface area contributed by atoms with E-state index in [9.17, 15) is 4.79 Å². The van der Waals surface area contributed by atoms with Crippen molar-refractivity contribution in [2.24, 2.45) is 4.99 Å². The monoisotopic (exact) mass is 1750 g/mol. The van der Waals surface area contributed by atoms with Crippen LogP contribution in [0.3, 0.4) is 0 Å². The quantitative estimate of drug-likeness (QED) is 0.0157. The lowest BCUT2D eigenvalue weighted by Gasteiger charge is -2.36. The van der Waals surface area contributed by atoms with Crippen molar-refractivity contribution in [3.8, 4) is 17.2 Å². The highest BCUT2D eigenvalue weighted by molar-refractivity contribution is 6.13. The van der Waals surface area contributed by atoms with Gasteiger partial charge < -0.3 is 45.1 Å². The van der Waals surface area contributed by atoms with Crippen molar-refractivity contribution >= 4 is 58.7 Å². The zero-order chi connectivity index (χ0) is 91.5. The number of benzene rings is 6. The number of imidazole rings is 3. The number of rotatable bonds is 36. The minimum absolute atomic E-state index is 0.0802. The van der Waals surface area contributed by atoms with E-state index in [0.29, 0.717) is 111 Å². The van der Waals surface area contributed by atoms with Gasteiger partial charge in [0.25, 0.3) is 17.7 Å². The van der Waals surface area contributed by atoms with Gasteiger partial charge >= 0.3 is 0 Å². The van der Waals surface area contributed by atoms with Gasteiger partial charge in [-0.25, -0.2) is 15.0 Å². The Hall–Kier alpha value is -13.5. The molecule has 6 aromatic carbocycles. The molecule has 130 heavy (non-hydrogen) atoms. The third-order valence-electron chi connectivity index (χ3n) is 25.2. The summed E-state index contributed by atoms with van der Waals surface area (Å²) in [7, 11) is 5.00. The Morgan fingerprint density at radius 2 is 0.977 bits per heavy atom. The number of para-hydroxylation sites is 1. The first-order chi connectivity index (χ1) is 62.8. The molecule has 3 atom stereocenters. The maximum absolute atomic E-state index is 15.9. The number of aromatic amines is 3. The van der Waals surface area contributed by atoms with Crippen LogP contribution in [0, 0.1) is 0 Å². The number of nitrogens with one attached hydrogen (secondary N) is 6. The number of aliphatic imine (C=N–C) groups is 1. The molecule has 6 amide bonds. The Labute approximate surface area is 761 Å². The number of ether oxygens (including phenoxy) is 3. The molecule has 11 aromatic rings. The third-order valence-corrected chi connectivity index (χ3v) is 25.2. The average Bonchev–Trinajstić information content (AvgIpc) is 1.59. The predicted octanol–water partition coefficient (Wildman–Crippen LogP) is 15.2. The Morgan fingerprint density at radius 3 is 1.45 bits per heavy atom. The first-order valence-electron chi connectivity index (χ1n) is 44.8. The van der Waals surface area contributed by atoms with Crippen molar-refractivity contribution in [2.45, 2.75) is 172 Å². The van der Waals surface area contributed by atoms with Gasteiger partial charge in [0.2, 0.25) is 17.7 Å². The molecule has 0 saturated carbocycles. The molecule has 3 saturated heterocycles. The minimum atomic E-state index is -1.31. The maximum atomic E-state index is 15.9. The summed E-state index contributed by atoms with van der Waals surface area (Å²) in [6.07, 6.45) is 23.9. The van der Waals surface area contributed by atoms with E-state index in [0.717, 1.165) is 83.5 Å². The van der Waals surface area contributed by atoms with Gasteiger partial charge in [0, 0.05) is 172 Å². The molecule has 676 valence electrons. The fraction of sp³-hybridized carbons (Fsp3) is 0.359. The third kappa shape index (κ3) is 23.1. The molecule has 3 fully saturated rings. The molecule has 27 heteroatoms. The highest BCUT2D eigenvalue weighted by atomic mass is 16.5. The summed E-state index contributed by atoms with van der Waals surface area (Å²) in [6.45, 7) is 25.9. The topological polar surface area (TPSA) is 310 Å². The van der Waals surface area contributed by atoms with Gasteiger partial charge in [-0.15, -0.1) is 0 Å². The Bertz CT molecular complexity index is 5640. The molecule has 8 heterocycles. The second-order valence-electron chi connectivity index (χ2n) is 36.2. The number of pyridine rings is 2. The van der Waals surface area contributed by atoms with Crippen LogP contribution in [0.25, 0.3) is 0 Å². The lowest BCUT2D eigenvalue weighted by molar-refractivity contribution is -0.124. The number of carbonyl (C=O) groups excluding carboxylic acids is 6. The smallest absolute Gasteiger partial charge is 0.279 e. The molecule has 6 N–H and O–H groups in total. The van der Waals surface area contributed by atoms with Crippen LogP contribution >= 0.6 is 0 Å². The largest absolute Gasteiger partial charge is 0.497 e. The SMILES string of the molecule is C=C/C=C(\C=N/CCC(C)(C)c1ccc(N(C(=O)c2c[nH]cn2)C(C(=O)NC2CCN(Cc3ccccc3OC)CC2)c2cccnc2)cc1)C(C(=O)NC1CCN(Cc2cccc(OC)c2)CC1)N(C(=O)c1c[nH]cn1)c1ccc(C(C)(C)Cc2ccc(C(C(=O)NC3CCN(Cc4ccc(OC)cc4)CC3)N(C(=O)c3c[nH]cn3)c3ccc(C(C)(C)C)cc3)cn2)cc1. The molecule has 0 bridgehead atoms. The van der Waals surface area contributed by atoms with E-state index in [-0.39, 0.29) is 59.0 Å². The maximum Gasteiger partial charge on any atom is 0.279 e. The van der Waals surface area contributed by atoms with Crippen LogP contribution < -0.4 is 44.9 Å². The van der Waals surface area contributed by atoms with Crippen molar-refractivity contribution < 1.29 is 43.0 Å². The summed E-state index contributed by atoms with van der Waals surface area (Å²) in [5.41, 5.74) is 8.86. The summed E-state index contributed by atoms with van der Waals surface area (Å²) < 4.78 is 16.6. The summed E-state index contributed by atoms with van der Waals surface area (Å²) in [5.74, 6) is -0.189. The van der Waals surface area contributed by atoms with Crippen molar-refractivity contribution in [3.05, 3.63) is 318 Å². The highest BCUT2D eigenvalue weighted by Gasteiger charge is 2.42. The second kappa shape index (κ2) is 42.6. The van der Waals surface area contributed by atoms with Gasteiger partial charge in [-0.05, 0) is 174 Å². The van der Waals surface area contributed by atoms with Crippen molar-refractivity contribution in [2.75, 3.05) is 81.8 Å². The van der Waals surface area contributed by atoms with Crippen LogP contribution in [-0.2, 0) is 56.7 Å². The minimum Gasteiger partial charge on any atom is -0.497 e. The zero-order valence-electron chi connectivity index (χ0n) is 76.0. The number of carbonyl (C=O) groups is 6. The van der Waals surface area contributed by atoms with Gasteiger partial charge in [0.1, 0.15) is 52.5 Å². The van der Waals surface area contributed by atoms with Crippen molar-refractivity contribution in [3.63, 3.8) is 0 Å². The van der Waals surface area contributed by atoms with Crippen molar-refractivity contribution in [1.82, 2.24) is 70.5 Å². The second-order valence-corrected chi connectivity index (χ2v) is 36.2. The van der Waals surface area contributed by atoms with Gasteiger partial charge in [0.05, 0.1) is 40.3 Å². The van der Waals surface area contributed by atoms with Crippen LogP contribution in [0.5, 0.6) is 17.2 Å². The Morgan fingerprint density at radius 1 is 0.492 bits per heavy atom. The number of allylic oxidation sites excluding steroid dienone is 2. The number of likely N-dealkylation sites (tertiary alicyclic amines) is 3. The van der Waals surface area contributed by atoms with E-state index in [2.05, 4.69) is 145 Å². The lowest BCUT2D eigenvalue weighted by atomic mass is 9.80. The van der Waals surface area contributed by atoms with Crippen LogP contribution in [0.2, 0.25) is 0 Å².